The van der Waals surface area contributed by atoms with Crippen molar-refractivity contribution in [2.75, 3.05) is 52.6 Å². The molecule has 0 bridgehead atoms. The molecule has 0 spiro atoms. The molecule has 2 saturated carbocycles. The minimum absolute atomic E-state index is 0.0267. The second-order valence-corrected chi connectivity index (χ2v) is 15.1. The molecule has 10 atom stereocenters. The molecule has 1 amide bonds. The molecule has 8 unspecified atom stereocenters. The Morgan fingerprint density at radius 1 is 1.02 bits per heavy atom. The number of hydrogen-bond donors (Lipinski definition) is 6. The van der Waals surface area contributed by atoms with Crippen LogP contribution >= 0.6 is 0 Å². The normalized spacial score (nSPS) is 40.0. The number of carbonyl (C=O) groups is 1. The molecule has 252 valence electrons. The van der Waals surface area contributed by atoms with Gasteiger partial charge in [-0.25, -0.2) is 0 Å². The van der Waals surface area contributed by atoms with E-state index in [1.165, 1.54) is 19.3 Å². The summed E-state index contributed by atoms with van der Waals surface area (Å²) in [7, 11) is 0. The van der Waals surface area contributed by atoms with E-state index in [9.17, 15) is 9.90 Å². The number of carbonyl (C=O) groups excluding carboxylic acids is 1. The summed E-state index contributed by atoms with van der Waals surface area (Å²) in [5, 5.41) is 28.9. The van der Waals surface area contributed by atoms with Gasteiger partial charge in [0.05, 0.1) is 44.0 Å². The van der Waals surface area contributed by atoms with Crippen molar-refractivity contribution in [3.05, 3.63) is 0 Å². The molecule has 6 N–H and O–H groups in total. The van der Waals surface area contributed by atoms with Crippen LogP contribution in [0.25, 0.3) is 0 Å². The van der Waals surface area contributed by atoms with Gasteiger partial charge in [0, 0.05) is 62.8 Å². The van der Waals surface area contributed by atoms with Crippen molar-refractivity contribution in [1.29, 1.82) is 0 Å². The van der Waals surface area contributed by atoms with Crippen molar-refractivity contribution >= 4 is 5.91 Å². The first-order valence-electron chi connectivity index (χ1n) is 18.0. The number of ether oxygens (including phenoxy) is 2. The van der Waals surface area contributed by atoms with Crippen molar-refractivity contribution in [1.82, 2.24) is 36.4 Å². The molecule has 0 aromatic carbocycles. The van der Waals surface area contributed by atoms with Gasteiger partial charge in [-0.15, -0.1) is 0 Å². The van der Waals surface area contributed by atoms with Crippen LogP contribution in [0.2, 0.25) is 0 Å². The maximum absolute atomic E-state index is 13.6. The van der Waals surface area contributed by atoms with Crippen molar-refractivity contribution in [3.63, 3.8) is 0 Å². The third-order valence-electron chi connectivity index (χ3n) is 11.9. The number of rotatable bonds is 11. The van der Waals surface area contributed by atoms with Crippen LogP contribution in [0.4, 0.5) is 0 Å². The van der Waals surface area contributed by atoms with Gasteiger partial charge >= 0.3 is 0 Å². The Hall–Kier alpha value is -0.890. The molecule has 4 saturated heterocycles. The first kappa shape index (κ1) is 33.0. The van der Waals surface area contributed by atoms with Crippen LogP contribution in [-0.2, 0) is 14.3 Å². The smallest absolute Gasteiger partial charge is 0.223 e. The van der Waals surface area contributed by atoms with Crippen molar-refractivity contribution in [3.8, 4) is 0 Å². The number of aliphatic hydroxyl groups excluding tert-OH is 1. The van der Waals surface area contributed by atoms with Gasteiger partial charge in [-0.1, -0.05) is 6.42 Å². The lowest BCUT2D eigenvalue weighted by Crippen LogP contribution is -2.65. The van der Waals surface area contributed by atoms with E-state index in [1.54, 1.807) is 0 Å². The van der Waals surface area contributed by atoms with E-state index in [-0.39, 0.29) is 36.3 Å². The van der Waals surface area contributed by atoms with Crippen LogP contribution in [0.5, 0.6) is 0 Å². The second-order valence-electron chi connectivity index (χ2n) is 15.1. The molecule has 4 aliphatic heterocycles. The zero-order valence-electron chi connectivity index (χ0n) is 27.5. The number of piperazine rings is 1. The highest BCUT2D eigenvalue weighted by Gasteiger charge is 2.40. The summed E-state index contributed by atoms with van der Waals surface area (Å²) in [6.45, 7) is 13.4. The zero-order valence-corrected chi connectivity index (χ0v) is 27.5. The van der Waals surface area contributed by atoms with Gasteiger partial charge in [0.15, 0.2) is 0 Å². The van der Waals surface area contributed by atoms with Crippen LogP contribution in [0.3, 0.4) is 0 Å². The maximum Gasteiger partial charge on any atom is 0.223 e. The minimum atomic E-state index is -0.576. The number of aliphatic hydroxyl groups is 1. The number of nitrogens with one attached hydrogen (secondary N) is 5. The van der Waals surface area contributed by atoms with Gasteiger partial charge < -0.3 is 25.2 Å². The monoisotopic (exact) mass is 619 g/mol. The quantitative estimate of drug-likeness (QED) is 0.198. The summed E-state index contributed by atoms with van der Waals surface area (Å²) in [5.41, 5.74) is 0. The Morgan fingerprint density at radius 3 is 2.55 bits per heavy atom. The fourth-order valence-corrected chi connectivity index (χ4v) is 8.51. The number of piperidine rings is 2. The van der Waals surface area contributed by atoms with E-state index in [1.807, 2.05) is 0 Å². The molecule has 6 rings (SSSR count). The molecule has 0 aromatic heterocycles. The predicted octanol–water partition coefficient (Wildman–Crippen LogP) is 0.781. The minimum Gasteiger partial charge on any atom is -0.390 e. The zero-order chi connectivity index (χ0) is 30.6. The van der Waals surface area contributed by atoms with Crippen molar-refractivity contribution in [2.24, 2.45) is 17.8 Å². The first-order valence-corrected chi connectivity index (χ1v) is 18.0. The highest BCUT2D eigenvalue weighted by atomic mass is 16.5. The Balaban J connectivity index is 0.948. The van der Waals surface area contributed by atoms with E-state index in [0.29, 0.717) is 55.9 Å². The highest BCUT2D eigenvalue weighted by Crippen LogP contribution is 2.37. The van der Waals surface area contributed by atoms with Gasteiger partial charge in [-0.2, -0.15) is 0 Å². The lowest BCUT2D eigenvalue weighted by Gasteiger charge is -2.46. The summed E-state index contributed by atoms with van der Waals surface area (Å²) >= 11 is 0. The van der Waals surface area contributed by atoms with Gasteiger partial charge in [-0.05, 0) is 90.5 Å². The van der Waals surface area contributed by atoms with Crippen LogP contribution in [-0.4, -0.2) is 128 Å². The summed E-state index contributed by atoms with van der Waals surface area (Å²) < 4.78 is 12.0. The summed E-state index contributed by atoms with van der Waals surface area (Å²) in [6, 6.07) is 1.52. The molecule has 0 radical (unpaired) electrons. The number of amides is 1. The predicted molar refractivity (Wildman–Crippen MR) is 171 cm³/mol. The molecule has 44 heavy (non-hydrogen) atoms. The Morgan fingerprint density at radius 2 is 1.84 bits per heavy atom. The van der Waals surface area contributed by atoms with Crippen LogP contribution in [0.15, 0.2) is 0 Å². The van der Waals surface area contributed by atoms with E-state index in [2.05, 4.69) is 57.2 Å². The average molecular weight is 620 g/mol. The molecule has 4 heterocycles. The van der Waals surface area contributed by atoms with Crippen molar-refractivity contribution in [2.45, 2.75) is 133 Å². The fourth-order valence-electron chi connectivity index (χ4n) is 8.51. The van der Waals surface area contributed by atoms with Gasteiger partial charge in [0.2, 0.25) is 5.91 Å². The lowest BCUT2D eigenvalue weighted by molar-refractivity contribution is -0.128. The Kier molecular flexibility index (Phi) is 11.5. The number of fused-ring (bicyclic) bond motifs is 1. The SMILES string of the molecule is CC1NCOC1COC1CCC2C[C@@H]([C@H](O)CNC(=O)C3CC(NC4CCC4)NC(N4CCN(C(C)C)CC4)C3)NCC2C1. The average Bonchev–Trinajstić information content (AvgIpc) is 3.44. The molecule has 6 fully saturated rings. The van der Waals surface area contributed by atoms with Gasteiger partial charge in [0.1, 0.15) is 0 Å². The van der Waals surface area contributed by atoms with E-state index >= 15 is 0 Å². The standard InChI is InChI=1S/C33H61N7O4/c1-21(2)39-9-11-40(12-10-39)32-16-24(15-31(38-32)37-26-5-4-6-26)33(42)35-18-29(41)28-14-23-7-8-27(13-25(23)17-34-28)43-19-30-22(3)36-20-44-30/h21-32,34,36-38,41H,4-20H2,1-3H3,(H,35,42)/t22?,23?,24?,25?,27?,28-,29+,30?,31?,32?/m0/s1. The summed E-state index contributed by atoms with van der Waals surface area (Å²) in [6.07, 6.45) is 9.88. The summed E-state index contributed by atoms with van der Waals surface area (Å²) in [5.74, 6) is 1.23. The molecule has 2 aliphatic carbocycles. The first-order chi connectivity index (χ1) is 21.3. The van der Waals surface area contributed by atoms with E-state index in [0.717, 1.165) is 71.2 Å². The topological polar surface area (TPSA) is 122 Å². The maximum atomic E-state index is 13.6. The molecular formula is C33H61N7O4. The van der Waals surface area contributed by atoms with Crippen molar-refractivity contribution < 1.29 is 19.4 Å². The third kappa shape index (κ3) is 8.33. The van der Waals surface area contributed by atoms with Gasteiger partial charge in [-0.3, -0.25) is 30.5 Å². The van der Waals surface area contributed by atoms with Crippen LogP contribution in [0.1, 0.15) is 78.6 Å². The molecule has 6 aliphatic rings. The summed E-state index contributed by atoms with van der Waals surface area (Å²) in [4.78, 5) is 18.6. The molecule has 11 heteroatoms. The third-order valence-corrected chi connectivity index (χ3v) is 11.9. The van der Waals surface area contributed by atoms with Crippen LogP contribution < -0.4 is 26.6 Å². The Bertz CT molecular complexity index is 917. The molecular weight excluding hydrogens is 558 g/mol. The fraction of sp³-hybridized carbons (Fsp3) is 0.970. The van der Waals surface area contributed by atoms with Crippen LogP contribution in [0, 0.1) is 17.8 Å². The largest absolute Gasteiger partial charge is 0.390 e. The second kappa shape index (κ2) is 15.3. The Labute approximate surface area is 265 Å². The number of nitrogens with zero attached hydrogens (tertiary/aromatic N) is 2. The highest BCUT2D eigenvalue weighted by molar-refractivity contribution is 5.78. The number of hydrogen-bond acceptors (Lipinski definition) is 10. The van der Waals surface area contributed by atoms with E-state index in [4.69, 9.17) is 9.47 Å². The lowest BCUT2D eigenvalue weighted by atomic mass is 9.72. The molecule has 0 aromatic rings. The van der Waals surface area contributed by atoms with E-state index < -0.39 is 6.10 Å². The molecule has 11 nitrogen and oxygen atoms in total. The van der Waals surface area contributed by atoms with Gasteiger partial charge in [0.25, 0.3) is 0 Å².